The summed E-state index contributed by atoms with van der Waals surface area (Å²) in [5, 5.41) is 9.18. The molecule has 4 N–H and O–H groups in total. The molecule has 0 radical (unpaired) electrons. The predicted molar refractivity (Wildman–Crippen MR) is 47.4 cm³/mol. The Kier molecular flexibility index (Phi) is 2.89. The average molecular weight is 183 g/mol. The fourth-order valence-electron chi connectivity index (χ4n) is 1.05. The largest absolute Gasteiger partial charge is 0.493 e. The van der Waals surface area contributed by atoms with E-state index in [-0.39, 0.29) is 11.6 Å². The zero-order chi connectivity index (χ0) is 9.84. The summed E-state index contributed by atoms with van der Waals surface area (Å²) < 4.78 is 0. The van der Waals surface area contributed by atoms with Crippen LogP contribution < -0.4 is 5.73 Å². The van der Waals surface area contributed by atoms with Crippen molar-refractivity contribution in [1.82, 2.24) is 9.97 Å². The van der Waals surface area contributed by atoms with Crippen LogP contribution in [0.5, 0.6) is 5.88 Å². The summed E-state index contributed by atoms with van der Waals surface area (Å²) in [5.41, 5.74) is 4.90. The third-order valence-corrected chi connectivity index (χ3v) is 1.73. The maximum Gasteiger partial charge on any atom is 0.272 e. The minimum Gasteiger partial charge on any atom is -0.493 e. The Bertz CT molecular complexity index is 306. The van der Waals surface area contributed by atoms with Crippen LogP contribution in [-0.4, -0.2) is 21.0 Å². The molecule has 1 amide bonds. The molecule has 0 spiro atoms. The molecule has 0 aliphatic carbocycles. The topological polar surface area (TPSA) is 92.0 Å². The van der Waals surface area contributed by atoms with E-state index in [1.165, 1.54) is 0 Å². The molecule has 5 nitrogen and oxygen atoms in total. The fourth-order valence-corrected chi connectivity index (χ4v) is 1.05. The summed E-state index contributed by atoms with van der Waals surface area (Å²) in [6.45, 7) is 2.05. The second-order valence-electron chi connectivity index (χ2n) is 2.85. The summed E-state index contributed by atoms with van der Waals surface area (Å²) in [5.74, 6) is -0.344. The van der Waals surface area contributed by atoms with E-state index >= 15 is 0 Å². The first-order chi connectivity index (χ1) is 6.15. The lowest BCUT2D eigenvalue weighted by Crippen LogP contribution is -2.11. The van der Waals surface area contributed by atoms with E-state index in [2.05, 4.69) is 16.9 Å². The third-order valence-electron chi connectivity index (χ3n) is 1.73. The van der Waals surface area contributed by atoms with Crippen molar-refractivity contribution in [1.29, 1.82) is 0 Å². The predicted octanol–water partition coefficient (Wildman–Crippen LogP) is 0.557. The van der Waals surface area contributed by atoms with Crippen LogP contribution in [0.15, 0.2) is 0 Å². The molecule has 0 saturated carbocycles. The van der Waals surface area contributed by atoms with Gasteiger partial charge in [0.25, 0.3) is 5.91 Å². The van der Waals surface area contributed by atoms with Crippen molar-refractivity contribution >= 4 is 5.91 Å². The van der Waals surface area contributed by atoms with Gasteiger partial charge < -0.3 is 15.8 Å². The molecule has 1 rings (SSSR count). The monoisotopic (exact) mass is 183 g/mol. The first kappa shape index (κ1) is 9.57. The number of primary amides is 1. The first-order valence-electron chi connectivity index (χ1n) is 4.22. The third kappa shape index (κ3) is 2.21. The van der Waals surface area contributed by atoms with E-state index in [0.717, 1.165) is 19.3 Å². The number of nitrogens with zero attached hydrogens (tertiary/aromatic N) is 1. The van der Waals surface area contributed by atoms with Crippen LogP contribution in [0.1, 0.15) is 36.1 Å². The number of aryl methyl sites for hydroxylation is 1. The average Bonchev–Trinajstić information content (AvgIpc) is 2.43. The Hall–Kier alpha value is -1.52. The number of rotatable bonds is 4. The second kappa shape index (κ2) is 3.93. The number of hydrogen-bond donors (Lipinski definition) is 3. The highest BCUT2D eigenvalue weighted by atomic mass is 16.3. The molecule has 0 aliphatic rings. The van der Waals surface area contributed by atoms with Crippen LogP contribution in [-0.2, 0) is 6.42 Å². The van der Waals surface area contributed by atoms with Gasteiger partial charge in [-0.05, 0) is 6.42 Å². The highest BCUT2D eigenvalue weighted by molar-refractivity contribution is 5.93. The minimum absolute atomic E-state index is 0.0777. The van der Waals surface area contributed by atoms with Gasteiger partial charge in [0, 0.05) is 6.42 Å². The number of aromatic amines is 1. The van der Waals surface area contributed by atoms with E-state index in [1.807, 2.05) is 0 Å². The first-order valence-corrected chi connectivity index (χ1v) is 4.22. The van der Waals surface area contributed by atoms with Gasteiger partial charge in [0.05, 0.1) is 0 Å². The van der Waals surface area contributed by atoms with Crippen LogP contribution in [0.2, 0.25) is 0 Å². The standard InChI is InChI=1S/C8H13N3O2/c1-2-3-4-5-10-6(7(9)12)8(13)11-5/h13H,2-4H2,1H3,(H2,9,12)(H,10,11). The van der Waals surface area contributed by atoms with Crippen molar-refractivity contribution < 1.29 is 9.90 Å². The molecule has 13 heavy (non-hydrogen) atoms. The molecule has 0 fully saturated rings. The number of imidazole rings is 1. The Morgan fingerprint density at radius 2 is 2.38 bits per heavy atom. The van der Waals surface area contributed by atoms with Crippen LogP contribution >= 0.6 is 0 Å². The molecular formula is C8H13N3O2. The Balaban J connectivity index is 2.76. The molecule has 1 heterocycles. The molecule has 1 aromatic rings. The summed E-state index contributed by atoms with van der Waals surface area (Å²) in [6.07, 6.45) is 2.72. The molecule has 0 aromatic carbocycles. The highest BCUT2D eigenvalue weighted by Crippen LogP contribution is 2.13. The lowest BCUT2D eigenvalue weighted by atomic mass is 10.2. The molecule has 0 unspecified atom stereocenters. The number of carbonyl (C=O) groups excluding carboxylic acids is 1. The van der Waals surface area contributed by atoms with Gasteiger partial charge in [0.2, 0.25) is 5.88 Å². The fraction of sp³-hybridized carbons (Fsp3) is 0.500. The number of amides is 1. The van der Waals surface area contributed by atoms with Gasteiger partial charge in [0.1, 0.15) is 5.82 Å². The number of nitrogens with two attached hydrogens (primary N) is 1. The normalized spacial score (nSPS) is 10.2. The van der Waals surface area contributed by atoms with Gasteiger partial charge in [-0.3, -0.25) is 4.79 Å². The SMILES string of the molecule is CCCCc1nc(C(N)=O)c(O)[nH]1. The quantitative estimate of drug-likeness (QED) is 0.636. The lowest BCUT2D eigenvalue weighted by Gasteiger charge is -1.90. The zero-order valence-electron chi connectivity index (χ0n) is 7.50. The Morgan fingerprint density at radius 3 is 2.85 bits per heavy atom. The van der Waals surface area contributed by atoms with E-state index in [1.54, 1.807) is 0 Å². The molecule has 72 valence electrons. The van der Waals surface area contributed by atoms with E-state index in [4.69, 9.17) is 5.73 Å². The van der Waals surface area contributed by atoms with Crippen molar-refractivity contribution in [3.8, 4) is 5.88 Å². The van der Waals surface area contributed by atoms with Crippen LogP contribution in [0, 0.1) is 0 Å². The molecule has 0 bridgehead atoms. The van der Waals surface area contributed by atoms with Gasteiger partial charge in [-0.2, -0.15) is 0 Å². The zero-order valence-corrected chi connectivity index (χ0v) is 7.50. The lowest BCUT2D eigenvalue weighted by molar-refractivity contribution is 0.0993. The van der Waals surface area contributed by atoms with Crippen LogP contribution in [0.25, 0.3) is 0 Å². The number of unbranched alkanes of at least 4 members (excludes halogenated alkanes) is 1. The van der Waals surface area contributed by atoms with Gasteiger partial charge in [-0.25, -0.2) is 4.98 Å². The molecule has 0 saturated heterocycles. The van der Waals surface area contributed by atoms with Crippen molar-refractivity contribution in [3.05, 3.63) is 11.5 Å². The maximum absolute atomic E-state index is 10.7. The summed E-state index contributed by atoms with van der Waals surface area (Å²) >= 11 is 0. The summed E-state index contributed by atoms with van der Waals surface area (Å²) in [4.78, 5) is 17.2. The number of aromatic nitrogens is 2. The Morgan fingerprint density at radius 1 is 1.69 bits per heavy atom. The van der Waals surface area contributed by atoms with Crippen LogP contribution in [0.3, 0.4) is 0 Å². The molecule has 5 heteroatoms. The van der Waals surface area contributed by atoms with E-state index < -0.39 is 5.91 Å². The van der Waals surface area contributed by atoms with E-state index in [0.29, 0.717) is 5.82 Å². The number of hydrogen-bond acceptors (Lipinski definition) is 3. The summed E-state index contributed by atoms with van der Waals surface area (Å²) in [6, 6.07) is 0. The number of nitrogens with one attached hydrogen (secondary N) is 1. The number of H-pyrrole nitrogens is 1. The molecular weight excluding hydrogens is 170 g/mol. The minimum atomic E-state index is -0.712. The smallest absolute Gasteiger partial charge is 0.272 e. The molecule has 0 aliphatic heterocycles. The molecule has 1 aromatic heterocycles. The van der Waals surface area contributed by atoms with Gasteiger partial charge >= 0.3 is 0 Å². The van der Waals surface area contributed by atoms with Crippen molar-refractivity contribution in [2.75, 3.05) is 0 Å². The molecule has 0 atom stereocenters. The highest BCUT2D eigenvalue weighted by Gasteiger charge is 2.13. The van der Waals surface area contributed by atoms with E-state index in [9.17, 15) is 9.90 Å². The maximum atomic E-state index is 10.7. The van der Waals surface area contributed by atoms with Crippen molar-refractivity contribution in [3.63, 3.8) is 0 Å². The Labute approximate surface area is 76.0 Å². The van der Waals surface area contributed by atoms with Gasteiger partial charge in [-0.1, -0.05) is 13.3 Å². The van der Waals surface area contributed by atoms with Gasteiger partial charge in [0.15, 0.2) is 5.69 Å². The van der Waals surface area contributed by atoms with Crippen molar-refractivity contribution in [2.24, 2.45) is 5.73 Å². The van der Waals surface area contributed by atoms with Gasteiger partial charge in [-0.15, -0.1) is 0 Å². The number of carbonyl (C=O) groups is 1. The summed E-state index contributed by atoms with van der Waals surface area (Å²) in [7, 11) is 0. The van der Waals surface area contributed by atoms with Crippen LogP contribution in [0.4, 0.5) is 0 Å². The number of aromatic hydroxyl groups is 1. The van der Waals surface area contributed by atoms with Crippen molar-refractivity contribution in [2.45, 2.75) is 26.2 Å². The second-order valence-corrected chi connectivity index (χ2v) is 2.85.